The van der Waals surface area contributed by atoms with Gasteiger partial charge in [-0.15, -0.1) is 0 Å². The molecule has 2 aliphatic rings. The molecule has 0 aromatic heterocycles. The maximum absolute atomic E-state index is 2.40. The van der Waals surface area contributed by atoms with Crippen molar-refractivity contribution in [1.82, 2.24) is 0 Å². The Bertz CT molecular complexity index is 192. The first kappa shape index (κ1) is 13.1. The van der Waals surface area contributed by atoms with Gasteiger partial charge in [-0.1, -0.05) is 48.0 Å². The number of hydrogen-bond donors (Lipinski definition) is 0. The molecule has 0 N–H and O–H groups in total. The van der Waals surface area contributed by atoms with Crippen LogP contribution in [0, 0.1) is 22.7 Å². The normalized spacial score (nSPS) is 25.6. The van der Waals surface area contributed by atoms with Crippen molar-refractivity contribution < 1.29 is 0 Å². The summed E-state index contributed by atoms with van der Waals surface area (Å²) in [6.07, 6.45) is 7.32. The summed E-state index contributed by atoms with van der Waals surface area (Å²) in [4.78, 5) is 0. The Kier molecular flexibility index (Phi) is 3.90. The average Bonchev–Trinajstić information content (AvgIpc) is 2.81. The second-order valence-electron chi connectivity index (χ2n) is 6.97. The highest BCUT2D eigenvalue weighted by Gasteiger charge is 2.39. The Balaban J connectivity index is 0.000000151. The average molecular weight is 210 g/mol. The van der Waals surface area contributed by atoms with Gasteiger partial charge in [-0.05, 0) is 48.3 Å². The standard InChI is InChI=1S/C8H16.C7H14/c1-7(2)8(3)5-4-6-8;1-6(2)7(3)4-5-7/h7H,4-6H2,1-3H3;6H,4-5H2,1-3H3. The van der Waals surface area contributed by atoms with E-state index in [2.05, 4.69) is 41.5 Å². The molecule has 0 saturated heterocycles. The third kappa shape index (κ3) is 3.23. The maximum Gasteiger partial charge on any atom is -0.0302 e. The van der Waals surface area contributed by atoms with Crippen LogP contribution in [-0.4, -0.2) is 0 Å². The smallest absolute Gasteiger partial charge is 0.0302 e. The van der Waals surface area contributed by atoms with Crippen molar-refractivity contribution in [3.8, 4) is 0 Å². The van der Waals surface area contributed by atoms with Crippen molar-refractivity contribution >= 4 is 0 Å². The van der Waals surface area contributed by atoms with Crippen LogP contribution in [0.5, 0.6) is 0 Å². The highest BCUT2D eigenvalue weighted by atomic mass is 14.4. The molecule has 0 heterocycles. The van der Waals surface area contributed by atoms with E-state index in [-0.39, 0.29) is 0 Å². The molecule has 0 radical (unpaired) electrons. The monoisotopic (exact) mass is 210 g/mol. The zero-order chi connectivity index (χ0) is 11.7. The Morgan fingerprint density at radius 1 is 0.667 bits per heavy atom. The number of rotatable bonds is 2. The van der Waals surface area contributed by atoms with Crippen molar-refractivity contribution in [3.63, 3.8) is 0 Å². The molecule has 2 fully saturated rings. The van der Waals surface area contributed by atoms with Crippen LogP contribution in [0.15, 0.2) is 0 Å². The van der Waals surface area contributed by atoms with Crippen molar-refractivity contribution in [2.24, 2.45) is 22.7 Å². The van der Waals surface area contributed by atoms with Crippen LogP contribution < -0.4 is 0 Å². The van der Waals surface area contributed by atoms with Crippen molar-refractivity contribution in [3.05, 3.63) is 0 Å². The molecule has 0 aromatic carbocycles. The third-order valence-electron chi connectivity index (χ3n) is 5.32. The lowest BCUT2D eigenvalue weighted by molar-refractivity contribution is 0.0934. The van der Waals surface area contributed by atoms with Crippen LogP contribution in [0.1, 0.15) is 73.6 Å². The molecule has 0 spiro atoms. The summed E-state index contributed by atoms with van der Waals surface area (Å²) in [5.41, 5.74) is 1.47. The molecule has 0 unspecified atom stereocenters. The molecule has 0 bridgehead atoms. The van der Waals surface area contributed by atoms with E-state index in [1.807, 2.05) is 0 Å². The van der Waals surface area contributed by atoms with Gasteiger partial charge >= 0.3 is 0 Å². The van der Waals surface area contributed by atoms with Gasteiger partial charge in [0.05, 0.1) is 0 Å². The molecule has 0 nitrogen and oxygen atoms in total. The molecule has 2 saturated carbocycles. The van der Waals surface area contributed by atoms with Crippen molar-refractivity contribution in [1.29, 1.82) is 0 Å². The molecule has 90 valence electrons. The van der Waals surface area contributed by atoms with Crippen molar-refractivity contribution in [2.45, 2.75) is 73.6 Å². The molecule has 2 rings (SSSR count). The van der Waals surface area contributed by atoms with Crippen LogP contribution in [0.4, 0.5) is 0 Å². The van der Waals surface area contributed by atoms with E-state index in [0.717, 1.165) is 22.7 Å². The lowest BCUT2D eigenvalue weighted by Gasteiger charge is -2.42. The molecular formula is C15H30. The fourth-order valence-electron chi connectivity index (χ4n) is 2.09. The van der Waals surface area contributed by atoms with Crippen LogP contribution in [0.3, 0.4) is 0 Å². The summed E-state index contributed by atoms with van der Waals surface area (Å²) in [6.45, 7) is 14.1. The highest BCUT2D eigenvalue weighted by molar-refractivity contribution is 4.90. The third-order valence-corrected chi connectivity index (χ3v) is 5.32. The Morgan fingerprint density at radius 2 is 1.00 bits per heavy atom. The van der Waals surface area contributed by atoms with E-state index in [1.165, 1.54) is 32.1 Å². The molecule has 0 aromatic rings. The van der Waals surface area contributed by atoms with Crippen LogP contribution in [-0.2, 0) is 0 Å². The van der Waals surface area contributed by atoms with Gasteiger partial charge in [0.15, 0.2) is 0 Å². The molecule has 0 aliphatic heterocycles. The lowest BCUT2D eigenvalue weighted by Crippen LogP contribution is -2.30. The topological polar surface area (TPSA) is 0 Å². The van der Waals surface area contributed by atoms with Crippen LogP contribution in [0.2, 0.25) is 0 Å². The Labute approximate surface area is 96.8 Å². The van der Waals surface area contributed by atoms with E-state index in [0.29, 0.717) is 0 Å². The van der Waals surface area contributed by atoms with E-state index >= 15 is 0 Å². The van der Waals surface area contributed by atoms with Gasteiger partial charge in [-0.3, -0.25) is 0 Å². The zero-order valence-electron chi connectivity index (χ0n) is 11.7. The SMILES string of the molecule is CC(C)C1(C)CC1.CC(C)C1(C)CCC1. The van der Waals surface area contributed by atoms with Crippen LogP contribution >= 0.6 is 0 Å². The van der Waals surface area contributed by atoms with Gasteiger partial charge in [0.25, 0.3) is 0 Å². The quantitative estimate of drug-likeness (QED) is 0.582. The largest absolute Gasteiger partial charge is 0.0623 e. The van der Waals surface area contributed by atoms with Gasteiger partial charge in [0, 0.05) is 0 Å². The minimum Gasteiger partial charge on any atom is -0.0623 e. The second kappa shape index (κ2) is 4.47. The van der Waals surface area contributed by atoms with Gasteiger partial charge in [-0.25, -0.2) is 0 Å². The fraction of sp³-hybridized carbons (Fsp3) is 1.00. The molecule has 0 atom stereocenters. The predicted octanol–water partition coefficient (Wildman–Crippen LogP) is 5.28. The molecule has 0 amide bonds. The van der Waals surface area contributed by atoms with Crippen molar-refractivity contribution in [2.75, 3.05) is 0 Å². The second-order valence-corrected chi connectivity index (χ2v) is 6.97. The van der Waals surface area contributed by atoms with E-state index in [4.69, 9.17) is 0 Å². The summed E-state index contributed by atoms with van der Waals surface area (Å²) < 4.78 is 0. The van der Waals surface area contributed by atoms with E-state index in [9.17, 15) is 0 Å². The number of hydrogen-bond acceptors (Lipinski definition) is 0. The maximum atomic E-state index is 2.40. The van der Waals surface area contributed by atoms with E-state index < -0.39 is 0 Å². The molecule has 15 heavy (non-hydrogen) atoms. The predicted molar refractivity (Wildman–Crippen MR) is 69.0 cm³/mol. The molecular weight excluding hydrogens is 180 g/mol. The molecule has 0 heteroatoms. The first-order chi connectivity index (χ1) is 6.80. The lowest BCUT2D eigenvalue weighted by atomic mass is 9.64. The first-order valence-corrected chi connectivity index (χ1v) is 6.80. The summed E-state index contributed by atoms with van der Waals surface area (Å²) in [5.74, 6) is 1.81. The summed E-state index contributed by atoms with van der Waals surface area (Å²) in [7, 11) is 0. The fourth-order valence-corrected chi connectivity index (χ4v) is 2.09. The van der Waals surface area contributed by atoms with Gasteiger partial charge in [0.1, 0.15) is 0 Å². The molecule has 2 aliphatic carbocycles. The van der Waals surface area contributed by atoms with Gasteiger partial charge < -0.3 is 0 Å². The van der Waals surface area contributed by atoms with E-state index in [1.54, 1.807) is 0 Å². The zero-order valence-corrected chi connectivity index (χ0v) is 11.7. The minimum atomic E-state index is 0.722. The van der Waals surface area contributed by atoms with Gasteiger partial charge in [0.2, 0.25) is 0 Å². The Hall–Kier alpha value is 0. The minimum absolute atomic E-state index is 0.722. The summed E-state index contributed by atoms with van der Waals surface area (Å²) in [5, 5.41) is 0. The summed E-state index contributed by atoms with van der Waals surface area (Å²) in [6, 6.07) is 0. The van der Waals surface area contributed by atoms with Gasteiger partial charge in [-0.2, -0.15) is 0 Å². The first-order valence-electron chi connectivity index (χ1n) is 6.80. The highest BCUT2D eigenvalue weighted by Crippen LogP contribution is 2.51. The Morgan fingerprint density at radius 3 is 1.00 bits per heavy atom. The van der Waals surface area contributed by atoms with Crippen LogP contribution in [0.25, 0.3) is 0 Å². The summed E-state index contributed by atoms with van der Waals surface area (Å²) >= 11 is 0.